The van der Waals surface area contributed by atoms with E-state index in [1.807, 2.05) is 43.4 Å². The van der Waals surface area contributed by atoms with Gasteiger partial charge in [-0.25, -0.2) is 9.97 Å². The van der Waals surface area contributed by atoms with Crippen molar-refractivity contribution in [2.45, 2.75) is 20.8 Å². The van der Waals surface area contributed by atoms with Crippen LogP contribution < -0.4 is 5.32 Å². The Bertz CT molecular complexity index is 699. The summed E-state index contributed by atoms with van der Waals surface area (Å²) in [6, 6.07) is 0. The predicted octanol–water partition coefficient (Wildman–Crippen LogP) is 3.79. The van der Waals surface area contributed by atoms with E-state index in [0.29, 0.717) is 17.2 Å². The SMILES string of the molecule is C#Cc1cnc2c(NC(/C=C\C)=C/C=C)nccn12.CC. The predicted molar refractivity (Wildman–Crippen MR) is 89.0 cm³/mol. The molecule has 0 aliphatic rings. The Morgan fingerprint density at radius 2 is 2.19 bits per heavy atom. The third-order valence-electron chi connectivity index (χ3n) is 2.48. The number of aromatic nitrogens is 3. The number of rotatable bonds is 4. The van der Waals surface area contributed by atoms with Crippen LogP contribution in [0.1, 0.15) is 26.5 Å². The van der Waals surface area contributed by atoms with Crippen molar-refractivity contribution >= 4 is 11.5 Å². The molecule has 0 saturated carbocycles. The molecule has 2 aromatic heterocycles. The van der Waals surface area contributed by atoms with Crippen molar-refractivity contribution in [1.82, 2.24) is 14.4 Å². The molecule has 4 nitrogen and oxygen atoms in total. The number of nitrogens with zero attached hydrogens (tertiary/aromatic N) is 3. The minimum absolute atomic E-state index is 0.648. The number of anilines is 1. The van der Waals surface area contributed by atoms with Crippen LogP contribution in [-0.4, -0.2) is 14.4 Å². The Balaban J connectivity index is 0.00000106. The molecule has 21 heavy (non-hydrogen) atoms. The Kier molecular flexibility index (Phi) is 6.49. The van der Waals surface area contributed by atoms with Crippen molar-refractivity contribution < 1.29 is 0 Å². The molecule has 0 saturated heterocycles. The second kappa shape index (κ2) is 8.39. The number of hydrogen-bond acceptors (Lipinski definition) is 3. The van der Waals surface area contributed by atoms with Gasteiger partial charge in [-0.1, -0.05) is 38.5 Å². The standard InChI is InChI=1S/C15H14N4.C2H6/c1-4-7-12(8-5-2)18-14-15-17-11-13(6-3)19(15)10-9-16-14;1-2/h3-5,7-11H,1H2,2H3,(H,16,18);1-2H3/b8-5-,12-7+;. The Morgan fingerprint density at radius 1 is 1.43 bits per heavy atom. The quantitative estimate of drug-likeness (QED) is 0.684. The van der Waals surface area contributed by atoms with Crippen LogP contribution in [0.5, 0.6) is 0 Å². The Hall–Kier alpha value is -2.80. The highest BCUT2D eigenvalue weighted by molar-refractivity contribution is 5.67. The molecular formula is C17H20N4. The summed E-state index contributed by atoms with van der Waals surface area (Å²) < 4.78 is 1.82. The topological polar surface area (TPSA) is 42.2 Å². The second-order valence-electron chi connectivity index (χ2n) is 3.74. The molecular weight excluding hydrogens is 260 g/mol. The van der Waals surface area contributed by atoms with Crippen LogP contribution in [0.15, 0.2) is 55.2 Å². The maximum atomic E-state index is 5.42. The Morgan fingerprint density at radius 3 is 2.81 bits per heavy atom. The van der Waals surface area contributed by atoms with E-state index in [1.165, 1.54) is 0 Å². The van der Waals surface area contributed by atoms with Gasteiger partial charge >= 0.3 is 0 Å². The van der Waals surface area contributed by atoms with Gasteiger partial charge in [-0.05, 0) is 19.1 Å². The van der Waals surface area contributed by atoms with Gasteiger partial charge in [0.2, 0.25) is 0 Å². The van der Waals surface area contributed by atoms with Crippen molar-refractivity contribution in [2.75, 3.05) is 5.32 Å². The van der Waals surface area contributed by atoms with E-state index in [2.05, 4.69) is 27.8 Å². The summed E-state index contributed by atoms with van der Waals surface area (Å²) in [6.45, 7) is 9.63. The third-order valence-corrected chi connectivity index (χ3v) is 2.48. The maximum absolute atomic E-state index is 5.42. The van der Waals surface area contributed by atoms with Gasteiger partial charge in [0.25, 0.3) is 0 Å². The van der Waals surface area contributed by atoms with E-state index in [4.69, 9.17) is 6.42 Å². The van der Waals surface area contributed by atoms with E-state index in [-0.39, 0.29) is 0 Å². The van der Waals surface area contributed by atoms with Gasteiger partial charge < -0.3 is 5.32 Å². The molecule has 0 fully saturated rings. The van der Waals surface area contributed by atoms with Gasteiger partial charge in [0.05, 0.1) is 6.20 Å². The normalized spacial score (nSPS) is 10.9. The van der Waals surface area contributed by atoms with E-state index in [9.17, 15) is 0 Å². The zero-order valence-electron chi connectivity index (χ0n) is 12.7. The molecule has 0 aliphatic heterocycles. The van der Waals surface area contributed by atoms with Gasteiger partial charge in [0.1, 0.15) is 5.69 Å². The van der Waals surface area contributed by atoms with Crippen LogP contribution in [0.4, 0.5) is 5.82 Å². The lowest BCUT2D eigenvalue weighted by Crippen LogP contribution is -2.02. The summed E-state index contributed by atoms with van der Waals surface area (Å²) in [5.74, 6) is 3.23. The summed E-state index contributed by atoms with van der Waals surface area (Å²) in [4.78, 5) is 8.57. The number of fused-ring (bicyclic) bond motifs is 1. The number of imidazole rings is 1. The first-order valence-electron chi connectivity index (χ1n) is 6.81. The molecule has 2 aromatic rings. The van der Waals surface area contributed by atoms with Gasteiger partial charge in [0.15, 0.2) is 11.5 Å². The summed E-state index contributed by atoms with van der Waals surface area (Å²) in [5, 5.41) is 3.20. The summed E-state index contributed by atoms with van der Waals surface area (Å²) in [7, 11) is 0. The Labute approximate surface area is 125 Å². The molecule has 0 aromatic carbocycles. The molecule has 0 aliphatic carbocycles. The van der Waals surface area contributed by atoms with Gasteiger partial charge in [0, 0.05) is 18.1 Å². The fourth-order valence-electron chi connectivity index (χ4n) is 1.70. The molecule has 108 valence electrons. The van der Waals surface area contributed by atoms with Crippen molar-refractivity contribution in [2.24, 2.45) is 0 Å². The van der Waals surface area contributed by atoms with E-state index >= 15 is 0 Å². The zero-order valence-corrected chi connectivity index (χ0v) is 12.7. The molecule has 0 spiro atoms. The van der Waals surface area contributed by atoms with Crippen molar-refractivity contribution in [3.05, 3.63) is 60.9 Å². The molecule has 4 heteroatoms. The molecule has 2 rings (SSSR count). The minimum Gasteiger partial charge on any atom is -0.337 e. The van der Waals surface area contributed by atoms with Gasteiger partial charge in [-0.3, -0.25) is 4.40 Å². The van der Waals surface area contributed by atoms with Crippen molar-refractivity contribution in [3.63, 3.8) is 0 Å². The molecule has 0 atom stereocenters. The summed E-state index contributed by atoms with van der Waals surface area (Å²) in [5.41, 5.74) is 2.26. The van der Waals surface area contributed by atoms with Crippen LogP contribution in [-0.2, 0) is 0 Å². The number of allylic oxidation sites excluding steroid dienone is 4. The third kappa shape index (κ3) is 3.83. The van der Waals surface area contributed by atoms with E-state index in [1.54, 1.807) is 24.7 Å². The van der Waals surface area contributed by atoms with Crippen LogP contribution in [0, 0.1) is 12.3 Å². The first kappa shape index (κ1) is 16.3. The average molecular weight is 280 g/mol. The number of nitrogens with one attached hydrogen (secondary N) is 1. The summed E-state index contributed by atoms with van der Waals surface area (Å²) >= 11 is 0. The summed E-state index contributed by atoms with van der Waals surface area (Å²) in [6.07, 6.45) is 18.0. The highest BCUT2D eigenvalue weighted by Gasteiger charge is 2.07. The molecule has 0 unspecified atom stereocenters. The smallest absolute Gasteiger partial charge is 0.181 e. The zero-order chi connectivity index (χ0) is 15.7. The molecule has 0 amide bonds. The van der Waals surface area contributed by atoms with Crippen molar-refractivity contribution in [1.29, 1.82) is 0 Å². The first-order chi connectivity index (χ1) is 10.3. The second-order valence-corrected chi connectivity index (χ2v) is 3.74. The van der Waals surface area contributed by atoms with Crippen molar-refractivity contribution in [3.8, 4) is 12.3 Å². The molecule has 0 bridgehead atoms. The molecule has 1 N–H and O–H groups in total. The molecule has 2 heterocycles. The van der Waals surface area contributed by atoms with Crippen LogP contribution >= 0.6 is 0 Å². The maximum Gasteiger partial charge on any atom is 0.181 e. The lowest BCUT2D eigenvalue weighted by Gasteiger charge is -2.07. The average Bonchev–Trinajstić information content (AvgIpc) is 2.94. The fraction of sp³-hybridized carbons (Fsp3) is 0.176. The van der Waals surface area contributed by atoms with Crippen LogP contribution in [0.3, 0.4) is 0 Å². The van der Waals surface area contributed by atoms with Gasteiger partial charge in [-0.2, -0.15) is 0 Å². The largest absolute Gasteiger partial charge is 0.337 e. The first-order valence-corrected chi connectivity index (χ1v) is 6.81. The number of hydrogen-bond donors (Lipinski definition) is 1. The van der Waals surface area contributed by atoms with Crippen LogP contribution in [0.25, 0.3) is 5.65 Å². The van der Waals surface area contributed by atoms with Gasteiger partial charge in [-0.15, -0.1) is 6.42 Å². The van der Waals surface area contributed by atoms with E-state index < -0.39 is 0 Å². The minimum atomic E-state index is 0.648. The lowest BCUT2D eigenvalue weighted by atomic mass is 10.3. The van der Waals surface area contributed by atoms with Crippen LogP contribution in [0.2, 0.25) is 0 Å². The lowest BCUT2D eigenvalue weighted by molar-refractivity contribution is 1.11. The monoisotopic (exact) mass is 280 g/mol. The highest BCUT2D eigenvalue weighted by Crippen LogP contribution is 2.16. The van der Waals surface area contributed by atoms with E-state index in [0.717, 1.165) is 5.70 Å². The molecule has 0 radical (unpaired) electrons. The number of terminal acetylenes is 1. The fourth-order valence-corrected chi connectivity index (χ4v) is 1.70. The highest BCUT2D eigenvalue weighted by atomic mass is 15.1.